The molecule has 0 saturated heterocycles. The SMILES string of the molecule is O=C1NCCCOc2cccc(c2)C2c3ccc(cc3CCN2C(=O)CCn2cnc3ccccc3c2=O)Oc2ccc(O)c1c2. The van der Waals surface area contributed by atoms with E-state index in [1.165, 1.54) is 23.0 Å². The van der Waals surface area contributed by atoms with E-state index >= 15 is 0 Å². The number of para-hydroxylation sites is 1. The average Bonchev–Trinajstić information content (AvgIpc) is 3.07. The number of nitrogens with one attached hydrogen (secondary N) is 1. The maximum atomic E-state index is 13.9. The molecule has 4 aromatic carbocycles. The van der Waals surface area contributed by atoms with Crippen molar-refractivity contribution in [1.29, 1.82) is 0 Å². The Kier molecular flexibility index (Phi) is 7.84. The van der Waals surface area contributed by atoms with Gasteiger partial charge in [-0.15, -0.1) is 0 Å². The van der Waals surface area contributed by atoms with Crippen LogP contribution in [-0.4, -0.2) is 51.1 Å². The smallest absolute Gasteiger partial charge is 0.261 e. The fraction of sp³-hybridized carbons (Fsp3) is 0.222. The van der Waals surface area contributed by atoms with Gasteiger partial charge in [0, 0.05) is 26.1 Å². The minimum Gasteiger partial charge on any atom is -0.507 e. The van der Waals surface area contributed by atoms with Crippen molar-refractivity contribution in [1.82, 2.24) is 19.8 Å². The molecule has 5 aromatic rings. The molecule has 10 nitrogen and oxygen atoms in total. The second kappa shape index (κ2) is 12.4. The molecule has 4 heterocycles. The molecule has 1 atom stereocenters. The van der Waals surface area contributed by atoms with E-state index in [0.717, 1.165) is 16.7 Å². The number of nitrogens with zero attached hydrogens (tertiary/aromatic N) is 3. The number of phenolic OH excluding ortho intramolecular Hbond substituents is 1. The molecule has 0 radical (unpaired) electrons. The minimum absolute atomic E-state index is 0.0723. The summed E-state index contributed by atoms with van der Waals surface area (Å²) in [7, 11) is 0. The van der Waals surface area contributed by atoms with Crippen LogP contribution >= 0.6 is 0 Å². The third-order valence-corrected chi connectivity index (χ3v) is 8.46. The molecule has 1 unspecified atom stereocenters. The number of aryl methyl sites for hydroxylation is 1. The molecule has 3 aliphatic heterocycles. The lowest BCUT2D eigenvalue weighted by atomic mass is 9.87. The summed E-state index contributed by atoms with van der Waals surface area (Å²) < 4.78 is 13.7. The number of ether oxygens (including phenoxy) is 2. The van der Waals surface area contributed by atoms with Gasteiger partial charge in [-0.25, -0.2) is 4.98 Å². The molecule has 0 saturated carbocycles. The van der Waals surface area contributed by atoms with Crippen LogP contribution < -0.4 is 20.3 Å². The van der Waals surface area contributed by atoms with Crippen LogP contribution in [0.5, 0.6) is 23.0 Å². The number of aromatic nitrogens is 2. The highest BCUT2D eigenvalue weighted by Crippen LogP contribution is 2.39. The van der Waals surface area contributed by atoms with E-state index in [2.05, 4.69) is 10.3 Å². The molecule has 8 rings (SSSR count). The Morgan fingerprint density at radius 1 is 0.957 bits per heavy atom. The van der Waals surface area contributed by atoms with Crippen molar-refractivity contribution in [3.8, 4) is 23.0 Å². The Balaban J connectivity index is 1.22. The van der Waals surface area contributed by atoms with Gasteiger partial charge in [0.05, 0.1) is 35.4 Å². The van der Waals surface area contributed by atoms with Gasteiger partial charge in [-0.2, -0.15) is 0 Å². The van der Waals surface area contributed by atoms with Crippen molar-refractivity contribution >= 4 is 22.7 Å². The monoisotopic (exact) mass is 616 g/mol. The van der Waals surface area contributed by atoms with E-state index in [0.29, 0.717) is 60.7 Å². The first-order valence-electron chi connectivity index (χ1n) is 15.3. The predicted molar refractivity (Wildman–Crippen MR) is 171 cm³/mol. The molecule has 10 heteroatoms. The first kappa shape index (κ1) is 29.1. The minimum atomic E-state index is -0.397. The van der Waals surface area contributed by atoms with Gasteiger partial charge < -0.3 is 24.8 Å². The number of benzene rings is 4. The highest BCUT2D eigenvalue weighted by molar-refractivity contribution is 5.97. The maximum Gasteiger partial charge on any atom is 0.261 e. The van der Waals surface area contributed by atoms with Crippen LogP contribution in [0.4, 0.5) is 0 Å². The molecule has 0 fully saturated rings. The normalized spacial score (nSPS) is 16.1. The average molecular weight is 617 g/mol. The van der Waals surface area contributed by atoms with Crippen LogP contribution in [0, 0.1) is 0 Å². The molecule has 8 bridgehead atoms. The van der Waals surface area contributed by atoms with Gasteiger partial charge in [0.15, 0.2) is 0 Å². The Labute approximate surface area is 264 Å². The number of hydrogen-bond donors (Lipinski definition) is 2. The standard InChI is InChI=1S/C36H32N4O6/c41-32-12-10-27-21-30(32)35(43)37-15-4-18-45-25-6-3-5-24(20-25)34-28-11-9-26(46-27)19-23(28)13-17-40(34)33(42)14-16-39-22-38-31-8-2-1-7-29(31)36(39)44/h1-3,5-12,19-22,34,41H,4,13-18H2,(H,37,43). The van der Waals surface area contributed by atoms with Crippen molar-refractivity contribution in [3.63, 3.8) is 0 Å². The summed E-state index contributed by atoms with van der Waals surface area (Å²) in [4.78, 5) is 46.0. The Morgan fingerprint density at radius 2 is 1.80 bits per heavy atom. The summed E-state index contributed by atoms with van der Waals surface area (Å²) in [5.41, 5.74) is 3.49. The maximum absolute atomic E-state index is 13.9. The lowest BCUT2D eigenvalue weighted by molar-refractivity contribution is -0.133. The van der Waals surface area contributed by atoms with Gasteiger partial charge in [0.2, 0.25) is 5.91 Å². The van der Waals surface area contributed by atoms with Crippen LogP contribution in [0.25, 0.3) is 10.9 Å². The van der Waals surface area contributed by atoms with Gasteiger partial charge in [-0.1, -0.05) is 30.3 Å². The van der Waals surface area contributed by atoms with Crippen molar-refractivity contribution in [3.05, 3.63) is 124 Å². The van der Waals surface area contributed by atoms with Gasteiger partial charge in [-0.3, -0.25) is 19.0 Å². The number of phenols is 1. The number of hydrogen-bond acceptors (Lipinski definition) is 7. The van der Waals surface area contributed by atoms with E-state index in [1.54, 1.807) is 24.3 Å². The van der Waals surface area contributed by atoms with Crippen LogP contribution in [0.2, 0.25) is 0 Å². The fourth-order valence-corrected chi connectivity index (χ4v) is 6.15. The number of carbonyl (C=O) groups excluding carboxylic acids is 2. The van der Waals surface area contributed by atoms with E-state index in [4.69, 9.17) is 9.47 Å². The zero-order valence-electron chi connectivity index (χ0n) is 25.0. The zero-order chi connectivity index (χ0) is 31.6. The third-order valence-electron chi connectivity index (χ3n) is 8.46. The molecular weight excluding hydrogens is 584 g/mol. The molecule has 1 aromatic heterocycles. The summed E-state index contributed by atoms with van der Waals surface area (Å²) in [6.45, 7) is 1.40. The largest absolute Gasteiger partial charge is 0.507 e. The molecule has 0 aliphatic carbocycles. The Bertz CT molecular complexity index is 2020. The lowest BCUT2D eigenvalue weighted by Crippen LogP contribution is -2.41. The summed E-state index contributed by atoms with van der Waals surface area (Å²) in [5.74, 6) is 1.05. The van der Waals surface area contributed by atoms with Crippen molar-refractivity contribution < 1.29 is 24.2 Å². The van der Waals surface area contributed by atoms with Crippen LogP contribution in [0.3, 0.4) is 0 Å². The van der Waals surface area contributed by atoms with Gasteiger partial charge in [-0.05, 0) is 84.1 Å². The number of rotatable bonds is 3. The number of carbonyl (C=O) groups is 2. The lowest BCUT2D eigenvalue weighted by Gasteiger charge is -2.38. The van der Waals surface area contributed by atoms with E-state index in [-0.39, 0.29) is 41.8 Å². The molecule has 3 aliphatic rings. The van der Waals surface area contributed by atoms with Crippen LogP contribution in [0.1, 0.15) is 45.9 Å². The van der Waals surface area contributed by atoms with E-state index in [9.17, 15) is 19.5 Å². The number of fused-ring (bicyclic) bond motifs is 7. The zero-order valence-corrected chi connectivity index (χ0v) is 25.0. The van der Waals surface area contributed by atoms with E-state index < -0.39 is 5.91 Å². The summed E-state index contributed by atoms with van der Waals surface area (Å²) >= 11 is 0. The molecule has 46 heavy (non-hydrogen) atoms. The number of aromatic hydroxyl groups is 1. The van der Waals surface area contributed by atoms with Gasteiger partial charge in [0.1, 0.15) is 23.0 Å². The van der Waals surface area contributed by atoms with Gasteiger partial charge >= 0.3 is 0 Å². The molecule has 232 valence electrons. The quantitative estimate of drug-likeness (QED) is 0.293. The van der Waals surface area contributed by atoms with Crippen LogP contribution in [-0.2, 0) is 17.8 Å². The molecule has 0 spiro atoms. The second-order valence-corrected chi connectivity index (χ2v) is 11.4. The van der Waals surface area contributed by atoms with Crippen molar-refractivity contribution in [2.24, 2.45) is 0 Å². The molecular formula is C36H32N4O6. The highest BCUT2D eigenvalue weighted by Gasteiger charge is 2.32. The summed E-state index contributed by atoms with van der Waals surface area (Å²) in [6, 6.07) is 24.9. The predicted octanol–water partition coefficient (Wildman–Crippen LogP) is 4.97. The van der Waals surface area contributed by atoms with Crippen molar-refractivity contribution in [2.45, 2.75) is 31.8 Å². The van der Waals surface area contributed by atoms with Gasteiger partial charge in [0.25, 0.3) is 11.5 Å². The topological polar surface area (TPSA) is 123 Å². The second-order valence-electron chi connectivity index (χ2n) is 11.4. The Morgan fingerprint density at radius 3 is 2.72 bits per heavy atom. The first-order chi connectivity index (χ1) is 22.4. The fourth-order valence-electron chi connectivity index (χ4n) is 6.15. The Hall–Kier alpha value is -5.64. The first-order valence-corrected chi connectivity index (χ1v) is 15.3. The number of amides is 2. The highest BCUT2D eigenvalue weighted by atomic mass is 16.5. The third kappa shape index (κ3) is 5.77. The van der Waals surface area contributed by atoms with Crippen molar-refractivity contribution in [2.75, 3.05) is 19.7 Å². The summed E-state index contributed by atoms with van der Waals surface area (Å²) in [6.07, 6.45) is 2.80. The van der Waals surface area contributed by atoms with Crippen LogP contribution in [0.15, 0.2) is 96.1 Å². The molecule has 2 amide bonds. The van der Waals surface area contributed by atoms with E-state index in [1.807, 2.05) is 53.4 Å². The molecule has 2 N–H and O–H groups in total. The summed E-state index contributed by atoms with van der Waals surface area (Å²) in [5, 5.41) is 13.7.